The fraction of sp³-hybridized carbons (Fsp3) is 0.200. The van der Waals surface area contributed by atoms with Crippen LogP contribution in [0.15, 0.2) is 24.7 Å². The Morgan fingerprint density at radius 1 is 1.42 bits per heavy atom. The summed E-state index contributed by atoms with van der Waals surface area (Å²) in [5.41, 5.74) is -5.21. The third-order valence-corrected chi connectivity index (χ3v) is 3.16. The second-order valence-electron chi connectivity index (χ2n) is 5.04. The Morgan fingerprint density at radius 3 is 2.62 bits per heavy atom. The molecule has 0 saturated heterocycles. The van der Waals surface area contributed by atoms with Crippen LogP contribution in [0.1, 0.15) is 11.3 Å². The van der Waals surface area contributed by atoms with Gasteiger partial charge in [0, 0.05) is 0 Å². The maximum Gasteiger partial charge on any atom is 0.419 e. The van der Waals surface area contributed by atoms with Crippen molar-refractivity contribution < 1.29 is 27.5 Å². The molecule has 7 nitrogen and oxygen atoms in total. The molecule has 11 heteroatoms. The summed E-state index contributed by atoms with van der Waals surface area (Å²) in [5.74, 6) is -0.205. The largest absolute Gasteiger partial charge is 0.419 e. The van der Waals surface area contributed by atoms with Crippen LogP contribution in [0.3, 0.4) is 0 Å². The number of nitrogens with one attached hydrogen (secondary N) is 1. The zero-order chi connectivity index (χ0) is 19.5. The first-order valence-electron chi connectivity index (χ1n) is 6.76. The van der Waals surface area contributed by atoms with Crippen molar-refractivity contribution in [3.05, 3.63) is 41.7 Å². The molecule has 2 heterocycles. The lowest BCUT2D eigenvalue weighted by Crippen LogP contribution is -2.45. The van der Waals surface area contributed by atoms with Gasteiger partial charge in [0.25, 0.3) is 5.91 Å². The van der Waals surface area contributed by atoms with E-state index in [1.165, 1.54) is 6.07 Å². The van der Waals surface area contributed by atoms with Gasteiger partial charge in [-0.05, 0) is 6.07 Å². The molecular formula is C15H9F4N5O2. The number of aromatic nitrogens is 3. The first-order valence-corrected chi connectivity index (χ1v) is 6.76. The van der Waals surface area contributed by atoms with E-state index in [0.29, 0.717) is 6.07 Å². The molecule has 0 aliphatic carbocycles. The molecular weight excluding hydrogens is 358 g/mol. The minimum atomic E-state index is -4.88. The van der Waals surface area contributed by atoms with Crippen molar-refractivity contribution in [3.63, 3.8) is 0 Å². The Labute approximate surface area is 143 Å². The van der Waals surface area contributed by atoms with Gasteiger partial charge >= 0.3 is 6.18 Å². The van der Waals surface area contributed by atoms with Crippen LogP contribution in [0.2, 0.25) is 0 Å². The Kier molecular flexibility index (Phi) is 4.95. The molecule has 0 saturated carbocycles. The molecule has 26 heavy (non-hydrogen) atoms. The number of carbonyl (C=O) groups excluding carboxylic acids is 1. The van der Waals surface area contributed by atoms with Crippen LogP contribution in [0, 0.1) is 29.5 Å². The van der Waals surface area contributed by atoms with Crippen molar-refractivity contribution in [1.29, 1.82) is 5.26 Å². The molecule has 1 amide bonds. The SMILES string of the molecule is C#CC(O)(Cn1cc(F)cn1)C(=O)Nc1cnc(C#N)c(C(F)(F)F)c1. The summed E-state index contributed by atoms with van der Waals surface area (Å²) in [5, 5.41) is 24.4. The summed E-state index contributed by atoms with van der Waals surface area (Å²) in [7, 11) is 0. The molecule has 134 valence electrons. The average Bonchev–Trinajstić information content (AvgIpc) is 2.98. The number of amides is 1. The van der Waals surface area contributed by atoms with E-state index in [0.717, 1.165) is 23.3 Å². The predicted molar refractivity (Wildman–Crippen MR) is 78.6 cm³/mol. The standard InChI is InChI=1S/C15H9F4N5O2/c1-2-14(26,8-24-7-9(16)5-22-24)13(25)23-10-3-11(15(17,18)19)12(4-20)21-6-10/h1,3,5-7,26H,8H2,(H,23,25). The topological polar surface area (TPSA) is 104 Å². The maximum atomic E-state index is 12.9. The predicted octanol–water partition coefficient (Wildman–Crippen LogP) is 1.31. The summed E-state index contributed by atoms with van der Waals surface area (Å²) >= 11 is 0. The second kappa shape index (κ2) is 6.82. The zero-order valence-electron chi connectivity index (χ0n) is 12.8. The van der Waals surface area contributed by atoms with Gasteiger partial charge in [0.15, 0.2) is 11.5 Å². The first-order chi connectivity index (χ1) is 12.1. The van der Waals surface area contributed by atoms with Gasteiger partial charge in [-0.2, -0.15) is 23.5 Å². The fourth-order valence-corrected chi connectivity index (χ4v) is 1.92. The van der Waals surface area contributed by atoms with Gasteiger partial charge in [0.05, 0.1) is 36.4 Å². The number of carbonyl (C=O) groups is 1. The lowest BCUT2D eigenvalue weighted by Gasteiger charge is -2.21. The van der Waals surface area contributed by atoms with E-state index in [-0.39, 0.29) is 0 Å². The van der Waals surface area contributed by atoms with Gasteiger partial charge in [0.2, 0.25) is 5.60 Å². The molecule has 0 aromatic carbocycles. The third-order valence-electron chi connectivity index (χ3n) is 3.16. The minimum Gasteiger partial charge on any atom is -0.368 e. The normalized spacial score (nSPS) is 13.3. The van der Waals surface area contributed by atoms with Crippen LogP contribution in [0.4, 0.5) is 23.2 Å². The van der Waals surface area contributed by atoms with Gasteiger partial charge in [-0.1, -0.05) is 5.92 Å². The van der Waals surface area contributed by atoms with Crippen LogP contribution >= 0.6 is 0 Å². The van der Waals surface area contributed by atoms with Crippen LogP contribution in [-0.2, 0) is 17.5 Å². The van der Waals surface area contributed by atoms with Crippen molar-refractivity contribution in [2.75, 3.05) is 5.32 Å². The van der Waals surface area contributed by atoms with Crippen molar-refractivity contribution in [3.8, 4) is 18.4 Å². The highest BCUT2D eigenvalue weighted by atomic mass is 19.4. The van der Waals surface area contributed by atoms with E-state index in [1.807, 2.05) is 5.32 Å². The van der Waals surface area contributed by atoms with Crippen molar-refractivity contribution in [1.82, 2.24) is 14.8 Å². The highest BCUT2D eigenvalue weighted by Gasteiger charge is 2.37. The van der Waals surface area contributed by atoms with Gasteiger partial charge in [-0.15, -0.1) is 6.42 Å². The van der Waals surface area contributed by atoms with E-state index < -0.39 is 47.0 Å². The first kappa shape index (κ1) is 18.9. The number of rotatable bonds is 4. The number of hydrogen-bond donors (Lipinski definition) is 2. The summed E-state index contributed by atoms with van der Waals surface area (Å²) < 4.78 is 52.5. The Balaban J connectivity index is 2.28. The van der Waals surface area contributed by atoms with Gasteiger partial charge in [-0.3, -0.25) is 9.48 Å². The molecule has 0 aliphatic heterocycles. The van der Waals surface area contributed by atoms with Crippen LogP contribution < -0.4 is 5.32 Å². The molecule has 0 fully saturated rings. The summed E-state index contributed by atoms with van der Waals surface area (Å²) in [6, 6.07) is 1.77. The maximum absolute atomic E-state index is 12.9. The number of terminal acetylenes is 1. The number of nitriles is 1. The lowest BCUT2D eigenvalue weighted by molar-refractivity contribution is -0.138. The van der Waals surface area contributed by atoms with E-state index in [2.05, 4.69) is 10.1 Å². The van der Waals surface area contributed by atoms with E-state index in [1.54, 1.807) is 5.92 Å². The van der Waals surface area contributed by atoms with Crippen molar-refractivity contribution >= 4 is 11.6 Å². The Morgan fingerprint density at radius 2 is 2.12 bits per heavy atom. The summed E-state index contributed by atoms with van der Waals surface area (Å²) in [6.07, 6.45) is 2.72. The third kappa shape index (κ3) is 3.96. The van der Waals surface area contributed by atoms with Crippen LogP contribution in [-0.4, -0.2) is 31.4 Å². The minimum absolute atomic E-state index is 0.443. The summed E-state index contributed by atoms with van der Waals surface area (Å²) in [4.78, 5) is 15.5. The molecule has 0 radical (unpaired) electrons. The Hall–Kier alpha value is -3.44. The number of halogens is 4. The van der Waals surface area contributed by atoms with Crippen LogP contribution in [0.5, 0.6) is 0 Å². The van der Waals surface area contributed by atoms with Crippen molar-refractivity contribution in [2.24, 2.45) is 0 Å². The molecule has 2 N–H and O–H groups in total. The zero-order valence-corrected chi connectivity index (χ0v) is 12.8. The van der Waals surface area contributed by atoms with E-state index in [4.69, 9.17) is 11.7 Å². The molecule has 2 aromatic rings. The number of anilines is 1. The molecule has 2 rings (SSSR count). The molecule has 0 bridgehead atoms. The number of pyridine rings is 1. The average molecular weight is 367 g/mol. The van der Waals surface area contributed by atoms with Crippen molar-refractivity contribution in [2.45, 2.75) is 18.3 Å². The Bertz CT molecular complexity index is 925. The van der Waals surface area contributed by atoms with Crippen LogP contribution in [0.25, 0.3) is 0 Å². The number of alkyl halides is 3. The van der Waals surface area contributed by atoms with E-state index >= 15 is 0 Å². The molecule has 0 spiro atoms. The molecule has 1 unspecified atom stereocenters. The molecule has 1 atom stereocenters. The second-order valence-corrected chi connectivity index (χ2v) is 5.04. The highest BCUT2D eigenvalue weighted by Crippen LogP contribution is 2.32. The van der Waals surface area contributed by atoms with E-state index in [9.17, 15) is 27.5 Å². The lowest BCUT2D eigenvalue weighted by atomic mass is 10.0. The number of nitrogens with zero attached hydrogens (tertiary/aromatic N) is 4. The molecule has 2 aromatic heterocycles. The van der Waals surface area contributed by atoms with Gasteiger partial charge in [0.1, 0.15) is 6.07 Å². The highest BCUT2D eigenvalue weighted by molar-refractivity contribution is 5.99. The smallest absolute Gasteiger partial charge is 0.368 e. The number of hydrogen-bond acceptors (Lipinski definition) is 5. The van der Waals surface area contributed by atoms with Gasteiger partial charge in [-0.25, -0.2) is 9.37 Å². The molecule has 0 aliphatic rings. The van der Waals surface area contributed by atoms with Gasteiger partial charge < -0.3 is 10.4 Å². The number of aliphatic hydroxyl groups is 1. The summed E-state index contributed by atoms with van der Waals surface area (Å²) in [6.45, 7) is -0.644. The monoisotopic (exact) mass is 367 g/mol. The fourth-order valence-electron chi connectivity index (χ4n) is 1.92. The quantitative estimate of drug-likeness (QED) is 0.626.